The van der Waals surface area contributed by atoms with Gasteiger partial charge < -0.3 is 10.5 Å². The SMILES string of the molecule is CC(C)(C)OC(=O)C[C@H](CN)C1CCCCC1. The Balaban J connectivity index is 2.42. The van der Waals surface area contributed by atoms with Crippen LogP contribution in [0.4, 0.5) is 0 Å². The second-order valence-electron chi connectivity index (χ2n) is 6.18. The van der Waals surface area contributed by atoms with Crippen LogP contribution in [0, 0.1) is 11.8 Å². The summed E-state index contributed by atoms with van der Waals surface area (Å²) < 4.78 is 5.37. The first-order chi connectivity index (χ1) is 7.92. The van der Waals surface area contributed by atoms with Crippen molar-refractivity contribution in [3.8, 4) is 0 Å². The van der Waals surface area contributed by atoms with Crippen LogP contribution in [0.15, 0.2) is 0 Å². The minimum absolute atomic E-state index is 0.0986. The summed E-state index contributed by atoms with van der Waals surface area (Å²) in [5.41, 5.74) is 5.42. The molecule has 0 aromatic carbocycles. The predicted molar refractivity (Wildman–Crippen MR) is 69.6 cm³/mol. The van der Waals surface area contributed by atoms with Gasteiger partial charge in [-0.3, -0.25) is 4.79 Å². The molecule has 0 amide bonds. The summed E-state index contributed by atoms with van der Waals surface area (Å²) in [7, 11) is 0. The van der Waals surface area contributed by atoms with E-state index in [4.69, 9.17) is 10.5 Å². The van der Waals surface area contributed by atoms with Crippen molar-refractivity contribution in [1.82, 2.24) is 0 Å². The zero-order chi connectivity index (χ0) is 12.9. The molecule has 1 atom stereocenters. The maximum Gasteiger partial charge on any atom is 0.306 e. The van der Waals surface area contributed by atoms with E-state index in [2.05, 4.69) is 0 Å². The Labute approximate surface area is 105 Å². The van der Waals surface area contributed by atoms with Gasteiger partial charge in [0.25, 0.3) is 0 Å². The van der Waals surface area contributed by atoms with Crippen LogP contribution in [0.1, 0.15) is 59.3 Å². The first-order valence-corrected chi connectivity index (χ1v) is 6.84. The van der Waals surface area contributed by atoms with Crippen LogP contribution in [-0.4, -0.2) is 18.1 Å². The van der Waals surface area contributed by atoms with Crippen molar-refractivity contribution in [3.05, 3.63) is 0 Å². The number of esters is 1. The number of nitrogens with two attached hydrogens (primary N) is 1. The highest BCUT2D eigenvalue weighted by molar-refractivity contribution is 5.70. The molecule has 0 unspecified atom stereocenters. The van der Waals surface area contributed by atoms with Gasteiger partial charge >= 0.3 is 5.97 Å². The second kappa shape index (κ2) is 6.39. The predicted octanol–water partition coefficient (Wildman–Crippen LogP) is 2.87. The van der Waals surface area contributed by atoms with Crippen molar-refractivity contribution in [2.45, 2.75) is 64.9 Å². The third-order valence-electron chi connectivity index (χ3n) is 3.47. The lowest BCUT2D eigenvalue weighted by atomic mass is 9.78. The average molecular weight is 241 g/mol. The fourth-order valence-electron chi connectivity index (χ4n) is 2.65. The fourth-order valence-corrected chi connectivity index (χ4v) is 2.65. The fraction of sp³-hybridized carbons (Fsp3) is 0.929. The van der Waals surface area contributed by atoms with Crippen molar-refractivity contribution in [2.24, 2.45) is 17.6 Å². The number of carbonyl (C=O) groups is 1. The summed E-state index contributed by atoms with van der Waals surface area (Å²) in [5, 5.41) is 0. The summed E-state index contributed by atoms with van der Waals surface area (Å²) in [4.78, 5) is 11.8. The van der Waals surface area contributed by atoms with Crippen molar-refractivity contribution in [2.75, 3.05) is 6.54 Å². The molecule has 0 bridgehead atoms. The largest absolute Gasteiger partial charge is 0.460 e. The first-order valence-electron chi connectivity index (χ1n) is 6.84. The first kappa shape index (κ1) is 14.5. The van der Waals surface area contributed by atoms with E-state index in [1.165, 1.54) is 32.1 Å². The highest BCUT2D eigenvalue weighted by atomic mass is 16.6. The molecule has 1 saturated carbocycles. The average Bonchev–Trinajstić information content (AvgIpc) is 2.24. The number of hydrogen-bond acceptors (Lipinski definition) is 3. The van der Waals surface area contributed by atoms with E-state index in [9.17, 15) is 4.79 Å². The van der Waals surface area contributed by atoms with Crippen LogP contribution < -0.4 is 5.73 Å². The molecule has 0 aromatic rings. The third-order valence-corrected chi connectivity index (χ3v) is 3.47. The molecule has 2 N–H and O–H groups in total. The van der Waals surface area contributed by atoms with Crippen LogP contribution in [-0.2, 0) is 9.53 Å². The summed E-state index contributed by atoms with van der Waals surface area (Å²) >= 11 is 0. The Morgan fingerprint density at radius 3 is 2.35 bits per heavy atom. The molecule has 3 heteroatoms. The van der Waals surface area contributed by atoms with E-state index in [-0.39, 0.29) is 11.6 Å². The summed E-state index contributed by atoms with van der Waals surface area (Å²) in [5.74, 6) is 0.838. The molecule has 1 rings (SSSR count). The van der Waals surface area contributed by atoms with Crippen molar-refractivity contribution in [1.29, 1.82) is 0 Å². The van der Waals surface area contributed by atoms with Crippen molar-refractivity contribution < 1.29 is 9.53 Å². The van der Waals surface area contributed by atoms with Gasteiger partial charge in [-0.2, -0.15) is 0 Å². The van der Waals surface area contributed by atoms with E-state index in [1.807, 2.05) is 20.8 Å². The second-order valence-corrected chi connectivity index (χ2v) is 6.18. The van der Waals surface area contributed by atoms with Gasteiger partial charge in [0.15, 0.2) is 0 Å². The van der Waals surface area contributed by atoms with Crippen LogP contribution in [0.2, 0.25) is 0 Å². The van der Waals surface area contributed by atoms with Gasteiger partial charge in [-0.15, -0.1) is 0 Å². The Kier molecular flexibility index (Phi) is 5.44. The number of ether oxygens (including phenoxy) is 1. The zero-order valence-electron chi connectivity index (χ0n) is 11.5. The van der Waals surface area contributed by atoms with Crippen molar-refractivity contribution >= 4 is 5.97 Å². The maximum absolute atomic E-state index is 11.8. The topological polar surface area (TPSA) is 52.3 Å². The van der Waals surface area contributed by atoms with Crippen LogP contribution in [0.5, 0.6) is 0 Å². The summed E-state index contributed by atoms with van der Waals surface area (Å²) in [6, 6.07) is 0. The molecule has 100 valence electrons. The Hall–Kier alpha value is -0.570. The molecular formula is C14H27NO2. The van der Waals surface area contributed by atoms with Gasteiger partial charge in [-0.1, -0.05) is 32.1 Å². The minimum Gasteiger partial charge on any atom is -0.460 e. The van der Waals surface area contributed by atoms with Crippen LogP contribution >= 0.6 is 0 Å². The molecule has 3 nitrogen and oxygen atoms in total. The molecular weight excluding hydrogens is 214 g/mol. The number of carbonyl (C=O) groups excluding carboxylic acids is 1. The zero-order valence-corrected chi connectivity index (χ0v) is 11.5. The standard InChI is InChI=1S/C14H27NO2/c1-14(2,3)17-13(16)9-12(10-15)11-7-5-4-6-8-11/h11-12H,4-10,15H2,1-3H3/t12-/m1/s1. The lowest BCUT2D eigenvalue weighted by Crippen LogP contribution is -2.31. The van der Waals surface area contributed by atoms with Gasteiger partial charge in [-0.25, -0.2) is 0 Å². The highest BCUT2D eigenvalue weighted by Crippen LogP contribution is 2.31. The van der Waals surface area contributed by atoms with Gasteiger partial charge in [0.2, 0.25) is 0 Å². The Bertz CT molecular complexity index is 239. The number of rotatable bonds is 4. The molecule has 0 aromatic heterocycles. The van der Waals surface area contributed by atoms with Crippen molar-refractivity contribution in [3.63, 3.8) is 0 Å². The van der Waals surface area contributed by atoms with Crippen LogP contribution in [0.25, 0.3) is 0 Å². The molecule has 0 aliphatic heterocycles. The summed E-state index contributed by atoms with van der Waals surface area (Å²) in [6.45, 7) is 6.32. The molecule has 0 heterocycles. The molecule has 0 radical (unpaired) electrons. The molecule has 1 aliphatic carbocycles. The number of hydrogen-bond donors (Lipinski definition) is 1. The van der Waals surface area contributed by atoms with Crippen LogP contribution in [0.3, 0.4) is 0 Å². The van der Waals surface area contributed by atoms with E-state index in [0.29, 0.717) is 24.8 Å². The quantitative estimate of drug-likeness (QED) is 0.770. The Morgan fingerprint density at radius 1 is 1.29 bits per heavy atom. The highest BCUT2D eigenvalue weighted by Gasteiger charge is 2.26. The molecule has 17 heavy (non-hydrogen) atoms. The normalized spacial score (nSPS) is 20.0. The lowest BCUT2D eigenvalue weighted by molar-refractivity contribution is -0.156. The summed E-state index contributed by atoms with van der Waals surface area (Å²) in [6.07, 6.45) is 6.85. The van der Waals surface area contributed by atoms with E-state index >= 15 is 0 Å². The third kappa shape index (κ3) is 5.53. The molecule has 1 fully saturated rings. The van der Waals surface area contributed by atoms with E-state index < -0.39 is 0 Å². The van der Waals surface area contributed by atoms with Gasteiger partial charge in [0.1, 0.15) is 5.60 Å². The van der Waals surface area contributed by atoms with Gasteiger partial charge in [0, 0.05) is 6.42 Å². The monoisotopic (exact) mass is 241 g/mol. The minimum atomic E-state index is -0.386. The van der Waals surface area contributed by atoms with Gasteiger partial charge in [0.05, 0.1) is 0 Å². The molecule has 0 spiro atoms. The lowest BCUT2D eigenvalue weighted by Gasteiger charge is -2.29. The Morgan fingerprint density at radius 2 is 1.88 bits per heavy atom. The van der Waals surface area contributed by atoms with E-state index in [1.54, 1.807) is 0 Å². The molecule has 1 aliphatic rings. The smallest absolute Gasteiger partial charge is 0.306 e. The maximum atomic E-state index is 11.8. The molecule has 0 saturated heterocycles. The van der Waals surface area contributed by atoms with E-state index in [0.717, 1.165) is 0 Å². The van der Waals surface area contributed by atoms with Gasteiger partial charge in [-0.05, 0) is 39.2 Å².